The second-order valence-electron chi connectivity index (χ2n) is 5.74. The van der Waals surface area contributed by atoms with Crippen LogP contribution < -0.4 is 0 Å². The van der Waals surface area contributed by atoms with Crippen molar-refractivity contribution in [2.24, 2.45) is 0 Å². The molecule has 0 spiro atoms. The van der Waals surface area contributed by atoms with Gasteiger partial charge in [0.25, 0.3) is 0 Å². The molecule has 0 atom stereocenters. The zero-order valence-electron chi connectivity index (χ0n) is 12.2. The highest BCUT2D eigenvalue weighted by atomic mass is 16.3. The highest BCUT2D eigenvalue weighted by molar-refractivity contribution is 5.65. The summed E-state index contributed by atoms with van der Waals surface area (Å²) in [4.78, 5) is 0. The number of hydrogen-bond acceptors (Lipinski definition) is 1. The van der Waals surface area contributed by atoms with Crippen molar-refractivity contribution in [1.82, 2.24) is 0 Å². The first-order valence-corrected chi connectivity index (χ1v) is 7.09. The first kappa shape index (κ1) is 14.5. The van der Waals surface area contributed by atoms with Crippen molar-refractivity contribution < 1.29 is 5.11 Å². The molecule has 0 aliphatic carbocycles. The maximum atomic E-state index is 9.64. The van der Waals surface area contributed by atoms with Crippen molar-refractivity contribution in [1.29, 1.82) is 0 Å². The van der Waals surface area contributed by atoms with E-state index in [1.165, 1.54) is 16.7 Å². The summed E-state index contributed by atoms with van der Waals surface area (Å²) < 4.78 is 0. The molecule has 0 aliphatic heterocycles. The summed E-state index contributed by atoms with van der Waals surface area (Å²) >= 11 is 0. The van der Waals surface area contributed by atoms with E-state index in [-0.39, 0.29) is 0 Å². The van der Waals surface area contributed by atoms with Crippen molar-refractivity contribution in [3.8, 4) is 11.1 Å². The number of benzene rings is 2. The molecule has 20 heavy (non-hydrogen) atoms. The highest BCUT2D eigenvalue weighted by Gasteiger charge is 2.09. The molecule has 2 aromatic carbocycles. The molecule has 0 fully saturated rings. The van der Waals surface area contributed by atoms with Crippen LogP contribution >= 0.6 is 0 Å². The van der Waals surface area contributed by atoms with Gasteiger partial charge in [-0.05, 0) is 43.4 Å². The molecule has 104 valence electrons. The highest BCUT2D eigenvalue weighted by Crippen LogP contribution is 2.20. The number of rotatable bonds is 5. The monoisotopic (exact) mass is 266 g/mol. The van der Waals surface area contributed by atoms with Gasteiger partial charge in [0.15, 0.2) is 0 Å². The molecule has 0 amide bonds. The van der Waals surface area contributed by atoms with E-state index in [4.69, 9.17) is 0 Å². The predicted molar refractivity (Wildman–Crippen MR) is 86.4 cm³/mol. The molecule has 0 radical (unpaired) electrons. The Morgan fingerprint density at radius 3 is 2.10 bits per heavy atom. The largest absolute Gasteiger partial charge is 0.390 e. The molecule has 0 aromatic heterocycles. The number of hydrogen-bond donors (Lipinski definition) is 1. The Kier molecular flexibility index (Phi) is 4.75. The summed E-state index contributed by atoms with van der Waals surface area (Å²) in [5.41, 5.74) is 3.09. The zero-order valence-corrected chi connectivity index (χ0v) is 12.2. The van der Waals surface area contributed by atoms with E-state index in [0.29, 0.717) is 0 Å². The lowest BCUT2D eigenvalue weighted by Gasteiger charge is -2.14. The molecule has 2 rings (SSSR count). The molecule has 0 bridgehead atoms. The lowest BCUT2D eigenvalue weighted by atomic mass is 10.0. The van der Waals surface area contributed by atoms with E-state index in [1.807, 2.05) is 19.9 Å². The first-order valence-electron chi connectivity index (χ1n) is 7.09. The van der Waals surface area contributed by atoms with E-state index >= 15 is 0 Å². The van der Waals surface area contributed by atoms with Crippen LogP contribution in [0.2, 0.25) is 0 Å². The van der Waals surface area contributed by atoms with Crippen LogP contribution in [-0.4, -0.2) is 10.7 Å². The Labute approximate surface area is 121 Å². The minimum atomic E-state index is -0.582. The van der Waals surface area contributed by atoms with Gasteiger partial charge in [-0.1, -0.05) is 66.7 Å². The topological polar surface area (TPSA) is 20.2 Å². The van der Waals surface area contributed by atoms with Gasteiger partial charge in [0.05, 0.1) is 5.60 Å². The van der Waals surface area contributed by atoms with Crippen LogP contribution in [0.3, 0.4) is 0 Å². The van der Waals surface area contributed by atoms with Crippen molar-refractivity contribution >= 4 is 6.08 Å². The lowest BCUT2D eigenvalue weighted by molar-refractivity contribution is 0.0722. The summed E-state index contributed by atoms with van der Waals surface area (Å²) in [6.45, 7) is 3.69. The van der Waals surface area contributed by atoms with Crippen LogP contribution in [0.4, 0.5) is 0 Å². The van der Waals surface area contributed by atoms with E-state index in [0.717, 1.165) is 12.8 Å². The maximum Gasteiger partial charge on any atom is 0.0594 e. The minimum absolute atomic E-state index is 0.582. The normalized spacial score (nSPS) is 11.9. The van der Waals surface area contributed by atoms with Crippen LogP contribution in [0, 0.1) is 0 Å². The Morgan fingerprint density at radius 1 is 0.900 bits per heavy atom. The third kappa shape index (κ3) is 4.67. The van der Waals surface area contributed by atoms with Gasteiger partial charge in [0.2, 0.25) is 0 Å². The quantitative estimate of drug-likeness (QED) is 0.814. The molecular weight excluding hydrogens is 244 g/mol. The summed E-state index contributed by atoms with van der Waals surface area (Å²) in [7, 11) is 0. The van der Waals surface area contributed by atoms with Crippen LogP contribution in [0.15, 0.2) is 60.7 Å². The smallest absolute Gasteiger partial charge is 0.0594 e. The molecule has 0 saturated carbocycles. The summed E-state index contributed by atoms with van der Waals surface area (Å²) in [5.74, 6) is 0. The van der Waals surface area contributed by atoms with Crippen LogP contribution in [-0.2, 0) is 0 Å². The predicted octanol–water partition coefficient (Wildman–Crippen LogP) is 4.92. The Hall–Kier alpha value is -1.86. The summed E-state index contributed by atoms with van der Waals surface area (Å²) in [6.07, 6.45) is 5.91. The van der Waals surface area contributed by atoms with E-state index in [9.17, 15) is 5.11 Å². The second-order valence-corrected chi connectivity index (χ2v) is 5.74. The second kappa shape index (κ2) is 6.53. The molecule has 2 aromatic rings. The summed E-state index contributed by atoms with van der Waals surface area (Å²) in [5, 5.41) is 9.64. The standard InChI is InChI=1S/C19H22O/c1-19(2,20)15-7-6-8-16-11-13-18(14-12-16)17-9-4-3-5-10-17/h3-6,8-14,20H,7,15H2,1-2H3/b8-6+. The first-order chi connectivity index (χ1) is 9.54. The Balaban J connectivity index is 1.97. The Bertz CT molecular complexity index is 545. The van der Waals surface area contributed by atoms with Crippen LogP contribution in [0.1, 0.15) is 32.3 Å². The van der Waals surface area contributed by atoms with Gasteiger partial charge in [-0.2, -0.15) is 0 Å². The minimum Gasteiger partial charge on any atom is -0.390 e. The fraction of sp³-hybridized carbons (Fsp3) is 0.263. The van der Waals surface area contributed by atoms with E-state index < -0.39 is 5.60 Å². The van der Waals surface area contributed by atoms with Gasteiger partial charge in [-0.25, -0.2) is 0 Å². The molecule has 0 unspecified atom stereocenters. The van der Waals surface area contributed by atoms with Crippen molar-refractivity contribution in [2.75, 3.05) is 0 Å². The third-order valence-electron chi connectivity index (χ3n) is 3.25. The average molecular weight is 266 g/mol. The molecule has 0 aliphatic rings. The van der Waals surface area contributed by atoms with Crippen molar-refractivity contribution in [2.45, 2.75) is 32.3 Å². The zero-order chi connectivity index (χ0) is 14.4. The van der Waals surface area contributed by atoms with E-state index in [1.54, 1.807) is 0 Å². The van der Waals surface area contributed by atoms with Gasteiger partial charge in [-0.15, -0.1) is 0 Å². The van der Waals surface area contributed by atoms with Crippen LogP contribution in [0.25, 0.3) is 17.2 Å². The summed E-state index contributed by atoms with van der Waals surface area (Å²) in [6, 6.07) is 18.9. The molecule has 1 nitrogen and oxygen atoms in total. The Morgan fingerprint density at radius 2 is 1.50 bits per heavy atom. The maximum absolute atomic E-state index is 9.64. The average Bonchev–Trinajstić information content (AvgIpc) is 2.44. The lowest BCUT2D eigenvalue weighted by Crippen LogP contribution is -2.17. The molecular formula is C19H22O. The van der Waals surface area contributed by atoms with Crippen molar-refractivity contribution in [3.05, 3.63) is 66.2 Å². The number of allylic oxidation sites excluding steroid dienone is 1. The van der Waals surface area contributed by atoms with Gasteiger partial charge in [0.1, 0.15) is 0 Å². The molecule has 1 heteroatoms. The van der Waals surface area contributed by atoms with Gasteiger partial charge >= 0.3 is 0 Å². The molecule has 1 N–H and O–H groups in total. The number of aliphatic hydroxyl groups is 1. The SMILES string of the molecule is CC(C)(O)CC/C=C/c1ccc(-c2ccccc2)cc1. The van der Waals surface area contributed by atoms with Gasteiger partial charge in [-0.3, -0.25) is 0 Å². The van der Waals surface area contributed by atoms with Gasteiger partial charge < -0.3 is 5.11 Å². The van der Waals surface area contributed by atoms with Gasteiger partial charge in [0, 0.05) is 0 Å². The molecule has 0 heterocycles. The van der Waals surface area contributed by atoms with Crippen molar-refractivity contribution in [3.63, 3.8) is 0 Å². The third-order valence-corrected chi connectivity index (χ3v) is 3.25. The fourth-order valence-electron chi connectivity index (χ4n) is 2.07. The van der Waals surface area contributed by atoms with Crippen LogP contribution in [0.5, 0.6) is 0 Å². The molecule has 0 saturated heterocycles. The fourth-order valence-corrected chi connectivity index (χ4v) is 2.07. The van der Waals surface area contributed by atoms with E-state index in [2.05, 4.69) is 60.7 Å².